The van der Waals surface area contributed by atoms with Crippen LogP contribution in [0.15, 0.2) is 64.6 Å². The first-order valence-corrected chi connectivity index (χ1v) is 9.42. The van der Waals surface area contributed by atoms with E-state index in [9.17, 15) is 9.59 Å². The first kappa shape index (κ1) is 20.3. The molecule has 0 saturated carbocycles. The fraction of sp³-hybridized carbons (Fsp3) is 0.208. The Morgan fingerprint density at radius 3 is 2.28 bits per heavy atom. The number of benzene rings is 2. The molecule has 3 aromatic rings. The third-order valence-corrected chi connectivity index (χ3v) is 4.47. The van der Waals surface area contributed by atoms with Crippen LogP contribution in [0.1, 0.15) is 30.9 Å². The molecule has 0 amide bonds. The topological polar surface area (TPSA) is 69.4 Å². The zero-order valence-corrected chi connectivity index (χ0v) is 16.8. The molecular formula is C24H23NO4. The van der Waals surface area contributed by atoms with Gasteiger partial charge in [-0.2, -0.15) is 0 Å². The smallest absolute Gasteiger partial charge is 0.226 e. The van der Waals surface area contributed by atoms with E-state index in [0.29, 0.717) is 24.7 Å². The van der Waals surface area contributed by atoms with Crippen LogP contribution in [0.4, 0.5) is 0 Å². The molecule has 0 spiro atoms. The second-order valence-electron chi connectivity index (χ2n) is 6.73. The van der Waals surface area contributed by atoms with Crippen LogP contribution in [0, 0.1) is 6.92 Å². The number of rotatable bonds is 8. The molecule has 0 unspecified atom stereocenters. The van der Waals surface area contributed by atoms with Gasteiger partial charge in [-0.05, 0) is 56.7 Å². The Hall–Kier alpha value is -3.47. The molecule has 5 heteroatoms. The predicted molar refractivity (Wildman–Crippen MR) is 112 cm³/mol. The number of allylic oxidation sites excluding steroid dienone is 1. The Labute approximate surface area is 170 Å². The first-order valence-electron chi connectivity index (χ1n) is 9.42. The molecule has 0 atom stereocenters. The summed E-state index contributed by atoms with van der Waals surface area (Å²) in [5.41, 5.74) is 2.78. The van der Waals surface area contributed by atoms with E-state index in [1.807, 2.05) is 61.5 Å². The molecule has 5 nitrogen and oxygen atoms in total. The summed E-state index contributed by atoms with van der Waals surface area (Å²) >= 11 is 0. The predicted octanol–water partition coefficient (Wildman–Crippen LogP) is 4.83. The molecule has 2 aromatic carbocycles. The highest BCUT2D eigenvalue weighted by Crippen LogP contribution is 2.22. The Morgan fingerprint density at radius 2 is 1.66 bits per heavy atom. The Kier molecular flexibility index (Phi) is 6.39. The Balaban J connectivity index is 1.60. The minimum absolute atomic E-state index is 0.189. The van der Waals surface area contributed by atoms with Gasteiger partial charge in [-0.15, -0.1) is 0 Å². The quantitative estimate of drug-likeness (QED) is 0.313. The molecule has 0 N–H and O–H groups in total. The number of carbonyl (C=O) groups is 2. The van der Waals surface area contributed by atoms with Crippen LogP contribution in [0.2, 0.25) is 0 Å². The van der Waals surface area contributed by atoms with E-state index in [1.165, 1.54) is 13.8 Å². The summed E-state index contributed by atoms with van der Waals surface area (Å²) in [4.78, 5) is 27.6. The molecule has 29 heavy (non-hydrogen) atoms. The summed E-state index contributed by atoms with van der Waals surface area (Å²) in [6.45, 7) is 5.14. The summed E-state index contributed by atoms with van der Waals surface area (Å²) in [6, 6.07) is 17.0. The van der Waals surface area contributed by atoms with Gasteiger partial charge in [-0.25, -0.2) is 4.98 Å². The zero-order chi connectivity index (χ0) is 20.8. The highest BCUT2D eigenvalue weighted by Gasteiger charge is 2.12. The maximum absolute atomic E-state index is 11.5. The fourth-order valence-electron chi connectivity index (χ4n) is 2.91. The van der Waals surface area contributed by atoms with Crippen LogP contribution >= 0.6 is 0 Å². The van der Waals surface area contributed by atoms with Crippen molar-refractivity contribution in [3.8, 4) is 17.2 Å². The van der Waals surface area contributed by atoms with Crippen molar-refractivity contribution in [2.45, 2.75) is 27.2 Å². The van der Waals surface area contributed by atoms with Crippen LogP contribution in [0.25, 0.3) is 17.5 Å². The van der Waals surface area contributed by atoms with Crippen molar-refractivity contribution >= 4 is 17.6 Å². The number of aryl methyl sites for hydroxylation is 1. The third kappa shape index (κ3) is 5.29. The highest BCUT2D eigenvalue weighted by molar-refractivity contribution is 6.21. The molecule has 0 aliphatic heterocycles. The maximum atomic E-state index is 11.5. The van der Waals surface area contributed by atoms with Gasteiger partial charge in [0.25, 0.3) is 0 Å². The van der Waals surface area contributed by atoms with Crippen LogP contribution in [-0.2, 0) is 16.0 Å². The number of aromatic nitrogens is 1. The van der Waals surface area contributed by atoms with Crippen molar-refractivity contribution < 1.29 is 18.7 Å². The van der Waals surface area contributed by atoms with Gasteiger partial charge < -0.3 is 9.15 Å². The van der Waals surface area contributed by atoms with E-state index >= 15 is 0 Å². The number of Topliss-reactive ketones (excluding diaryl/α,β-unsaturated/α-hetero) is 2. The summed E-state index contributed by atoms with van der Waals surface area (Å²) in [5.74, 6) is 1.63. The number of nitrogens with zero attached hydrogens (tertiary/aromatic N) is 1. The summed E-state index contributed by atoms with van der Waals surface area (Å²) in [7, 11) is 0. The van der Waals surface area contributed by atoms with Crippen LogP contribution < -0.4 is 4.74 Å². The highest BCUT2D eigenvalue weighted by atomic mass is 16.5. The lowest BCUT2D eigenvalue weighted by Crippen LogP contribution is -2.05. The third-order valence-electron chi connectivity index (χ3n) is 4.47. The van der Waals surface area contributed by atoms with Gasteiger partial charge in [0, 0.05) is 12.0 Å². The van der Waals surface area contributed by atoms with Crippen molar-refractivity contribution in [1.82, 2.24) is 4.98 Å². The van der Waals surface area contributed by atoms with Gasteiger partial charge in [0.15, 0.2) is 11.6 Å². The molecule has 0 aliphatic carbocycles. The number of oxazole rings is 1. The lowest BCUT2D eigenvalue weighted by Gasteiger charge is -2.06. The summed E-state index contributed by atoms with van der Waals surface area (Å²) < 4.78 is 11.6. The van der Waals surface area contributed by atoms with Gasteiger partial charge in [0.2, 0.25) is 5.89 Å². The summed E-state index contributed by atoms with van der Waals surface area (Å²) in [5, 5.41) is 0. The molecular weight excluding hydrogens is 366 g/mol. The van der Waals surface area contributed by atoms with Crippen LogP contribution in [-0.4, -0.2) is 23.2 Å². The van der Waals surface area contributed by atoms with Crippen molar-refractivity contribution in [3.05, 3.63) is 77.2 Å². The molecule has 0 radical (unpaired) electrons. The van der Waals surface area contributed by atoms with E-state index in [0.717, 1.165) is 22.6 Å². The molecule has 148 valence electrons. The van der Waals surface area contributed by atoms with Crippen molar-refractivity contribution in [2.75, 3.05) is 6.61 Å². The number of carbonyl (C=O) groups excluding carboxylic acids is 2. The molecule has 1 aromatic heterocycles. The van der Waals surface area contributed by atoms with Crippen LogP contribution in [0.5, 0.6) is 5.75 Å². The van der Waals surface area contributed by atoms with Gasteiger partial charge >= 0.3 is 0 Å². The number of hydrogen-bond donors (Lipinski definition) is 0. The van der Waals surface area contributed by atoms with E-state index in [-0.39, 0.29) is 17.1 Å². The lowest BCUT2D eigenvalue weighted by molar-refractivity contribution is -0.119. The van der Waals surface area contributed by atoms with Gasteiger partial charge in [0.1, 0.15) is 11.5 Å². The standard InChI is InChI=1S/C24H23NO4/c1-16(26)22(17(2)27)15-19-9-11-21(12-10-19)28-14-13-23-18(3)29-24(25-23)20-7-5-4-6-8-20/h4-12,15H,13-14H2,1-3H3. The molecule has 3 rings (SSSR count). The lowest BCUT2D eigenvalue weighted by atomic mass is 10.0. The van der Waals surface area contributed by atoms with Crippen molar-refractivity contribution in [2.24, 2.45) is 0 Å². The molecule has 0 bridgehead atoms. The van der Waals surface area contributed by atoms with Crippen LogP contribution in [0.3, 0.4) is 0 Å². The molecule has 0 aliphatic rings. The fourth-order valence-corrected chi connectivity index (χ4v) is 2.91. The second kappa shape index (κ2) is 9.15. The Morgan fingerprint density at radius 1 is 1.00 bits per heavy atom. The van der Waals surface area contributed by atoms with E-state index in [1.54, 1.807) is 6.08 Å². The zero-order valence-electron chi connectivity index (χ0n) is 16.8. The molecule has 0 saturated heterocycles. The summed E-state index contributed by atoms with van der Waals surface area (Å²) in [6.07, 6.45) is 2.22. The van der Waals surface area contributed by atoms with Gasteiger partial charge in [0.05, 0.1) is 17.9 Å². The van der Waals surface area contributed by atoms with E-state index in [4.69, 9.17) is 9.15 Å². The molecule has 1 heterocycles. The number of hydrogen-bond acceptors (Lipinski definition) is 5. The first-order chi connectivity index (χ1) is 13.9. The minimum Gasteiger partial charge on any atom is -0.493 e. The van der Waals surface area contributed by atoms with Gasteiger partial charge in [-0.1, -0.05) is 30.3 Å². The average molecular weight is 389 g/mol. The Bertz CT molecular complexity index is 1010. The monoisotopic (exact) mass is 389 g/mol. The normalized spacial score (nSPS) is 10.4. The van der Waals surface area contributed by atoms with Crippen molar-refractivity contribution in [1.29, 1.82) is 0 Å². The van der Waals surface area contributed by atoms with E-state index in [2.05, 4.69) is 4.98 Å². The minimum atomic E-state index is -0.240. The number of ether oxygens (including phenoxy) is 1. The van der Waals surface area contributed by atoms with E-state index < -0.39 is 0 Å². The average Bonchev–Trinajstić information content (AvgIpc) is 3.08. The van der Waals surface area contributed by atoms with Crippen molar-refractivity contribution in [3.63, 3.8) is 0 Å². The van der Waals surface area contributed by atoms with Gasteiger partial charge in [-0.3, -0.25) is 9.59 Å². The largest absolute Gasteiger partial charge is 0.493 e. The SMILES string of the molecule is CC(=O)C(=Cc1ccc(OCCc2nc(-c3ccccc3)oc2C)cc1)C(C)=O. The second-order valence-corrected chi connectivity index (χ2v) is 6.73. The number of ketones is 2. The maximum Gasteiger partial charge on any atom is 0.226 e. The molecule has 0 fully saturated rings.